The van der Waals surface area contributed by atoms with E-state index in [1.807, 2.05) is 12.4 Å². The van der Waals surface area contributed by atoms with Gasteiger partial charge in [-0.2, -0.15) is 0 Å². The molecule has 54 heavy (non-hydrogen) atoms. The highest BCUT2D eigenvalue weighted by atomic mass is 15.0. The van der Waals surface area contributed by atoms with Crippen molar-refractivity contribution in [3.63, 3.8) is 0 Å². The van der Waals surface area contributed by atoms with Crippen LogP contribution < -0.4 is 0 Å². The fourth-order valence-corrected chi connectivity index (χ4v) is 8.48. The third-order valence-electron chi connectivity index (χ3n) is 11.0. The van der Waals surface area contributed by atoms with Gasteiger partial charge < -0.3 is 9.13 Å². The molecule has 0 saturated heterocycles. The van der Waals surface area contributed by atoms with E-state index in [1.165, 1.54) is 87.8 Å². The molecular formula is C51H33N3. The molecule has 0 aliphatic heterocycles. The predicted molar refractivity (Wildman–Crippen MR) is 227 cm³/mol. The summed E-state index contributed by atoms with van der Waals surface area (Å²) in [5, 5.41) is 7.52. The van der Waals surface area contributed by atoms with Crippen LogP contribution in [0, 0.1) is 0 Å². The zero-order valence-electron chi connectivity index (χ0n) is 29.4. The van der Waals surface area contributed by atoms with Crippen molar-refractivity contribution in [2.75, 3.05) is 0 Å². The summed E-state index contributed by atoms with van der Waals surface area (Å²) in [5.74, 6) is 0. The van der Waals surface area contributed by atoms with Crippen molar-refractivity contribution < 1.29 is 0 Å². The van der Waals surface area contributed by atoms with Crippen LogP contribution in [0.3, 0.4) is 0 Å². The van der Waals surface area contributed by atoms with Crippen LogP contribution in [0.5, 0.6) is 0 Å². The van der Waals surface area contributed by atoms with E-state index < -0.39 is 0 Å². The first-order valence-corrected chi connectivity index (χ1v) is 18.4. The Balaban J connectivity index is 1.01. The number of nitrogens with zero attached hydrogens (tertiary/aromatic N) is 3. The maximum atomic E-state index is 4.18. The number of fused-ring (bicyclic) bond motifs is 7. The third-order valence-corrected chi connectivity index (χ3v) is 11.0. The lowest BCUT2D eigenvalue weighted by Crippen LogP contribution is -1.94. The maximum absolute atomic E-state index is 4.18. The second-order valence-corrected chi connectivity index (χ2v) is 14.0. The first kappa shape index (κ1) is 30.4. The number of rotatable bonds is 5. The van der Waals surface area contributed by atoms with E-state index in [0.717, 1.165) is 11.4 Å². The number of para-hydroxylation sites is 2. The Morgan fingerprint density at radius 3 is 1.33 bits per heavy atom. The van der Waals surface area contributed by atoms with Crippen LogP contribution in [0.4, 0.5) is 0 Å². The van der Waals surface area contributed by atoms with Gasteiger partial charge in [0, 0.05) is 45.3 Å². The van der Waals surface area contributed by atoms with E-state index in [2.05, 4.69) is 202 Å². The van der Waals surface area contributed by atoms with Crippen molar-refractivity contribution in [3.8, 4) is 44.8 Å². The molecule has 0 saturated carbocycles. The van der Waals surface area contributed by atoms with Gasteiger partial charge in [-0.05, 0) is 117 Å². The number of aromatic nitrogens is 3. The van der Waals surface area contributed by atoms with Crippen molar-refractivity contribution in [1.29, 1.82) is 0 Å². The molecule has 0 spiro atoms. The fourth-order valence-electron chi connectivity index (χ4n) is 8.48. The van der Waals surface area contributed by atoms with Crippen molar-refractivity contribution in [2.24, 2.45) is 0 Å². The first-order valence-electron chi connectivity index (χ1n) is 18.4. The molecule has 11 aromatic rings. The van der Waals surface area contributed by atoms with Crippen LogP contribution in [0.2, 0.25) is 0 Å². The lowest BCUT2D eigenvalue weighted by molar-refractivity contribution is 1.18. The molecule has 0 radical (unpaired) electrons. The van der Waals surface area contributed by atoms with Crippen molar-refractivity contribution in [1.82, 2.24) is 14.1 Å². The summed E-state index contributed by atoms with van der Waals surface area (Å²) in [6, 6.07) is 68.5. The molecule has 0 aliphatic rings. The minimum absolute atomic E-state index is 1.14. The van der Waals surface area contributed by atoms with Crippen molar-refractivity contribution >= 4 is 54.4 Å². The molecule has 0 unspecified atom stereocenters. The van der Waals surface area contributed by atoms with E-state index in [1.54, 1.807) is 0 Å². The number of pyridine rings is 1. The molecule has 11 rings (SSSR count). The first-order chi connectivity index (χ1) is 26.8. The van der Waals surface area contributed by atoms with Gasteiger partial charge in [0.05, 0.1) is 22.1 Å². The smallest absolute Gasteiger partial charge is 0.0541 e. The molecule has 0 atom stereocenters. The Hall–Kier alpha value is -7.23. The molecule has 0 amide bonds. The second-order valence-electron chi connectivity index (χ2n) is 14.0. The molecule has 0 N–H and O–H groups in total. The molecule has 0 fully saturated rings. The van der Waals surface area contributed by atoms with E-state index >= 15 is 0 Å². The Bertz CT molecular complexity index is 3180. The summed E-state index contributed by atoms with van der Waals surface area (Å²) >= 11 is 0. The normalized spacial score (nSPS) is 11.7. The zero-order valence-corrected chi connectivity index (χ0v) is 29.4. The van der Waals surface area contributed by atoms with Crippen LogP contribution in [0.15, 0.2) is 200 Å². The van der Waals surface area contributed by atoms with Gasteiger partial charge in [0.2, 0.25) is 0 Å². The standard InChI is InChI=1S/C51H33N3/c1-2-10-42-36(8-1)9-7-13-43(42)37-18-24-41(25-19-37)54-49-15-6-4-12-45(49)47-33-39(21-27-51(47)54)38-20-26-50-46(32-38)44-11-3-5-14-48(44)53(50)40-22-16-34(17-23-40)35-28-30-52-31-29-35/h1-33H. The van der Waals surface area contributed by atoms with Crippen LogP contribution in [0.25, 0.3) is 99.1 Å². The summed E-state index contributed by atoms with van der Waals surface area (Å²) in [4.78, 5) is 4.18. The highest BCUT2D eigenvalue weighted by molar-refractivity contribution is 6.12. The quantitative estimate of drug-likeness (QED) is 0.177. The van der Waals surface area contributed by atoms with Gasteiger partial charge in [-0.25, -0.2) is 0 Å². The molecule has 0 aliphatic carbocycles. The van der Waals surface area contributed by atoms with E-state index in [9.17, 15) is 0 Å². The number of hydrogen-bond acceptors (Lipinski definition) is 1. The SMILES string of the molecule is c1ccc2c(-c3ccc(-n4c5ccccc5c5cc(-c6ccc7c(c6)c6ccccc6n7-c6ccc(-c7ccncc7)cc6)ccc54)cc3)cccc2c1. The van der Waals surface area contributed by atoms with E-state index in [0.29, 0.717) is 0 Å². The van der Waals surface area contributed by atoms with Crippen LogP contribution in [0.1, 0.15) is 0 Å². The van der Waals surface area contributed by atoms with Gasteiger partial charge in [0.25, 0.3) is 0 Å². The lowest BCUT2D eigenvalue weighted by atomic mass is 9.98. The molecular weight excluding hydrogens is 655 g/mol. The van der Waals surface area contributed by atoms with Crippen molar-refractivity contribution in [3.05, 3.63) is 200 Å². The summed E-state index contributed by atoms with van der Waals surface area (Å²) < 4.78 is 4.78. The van der Waals surface area contributed by atoms with Gasteiger partial charge in [0.1, 0.15) is 0 Å². The Labute approximate surface area is 312 Å². The third kappa shape index (κ3) is 4.79. The summed E-state index contributed by atoms with van der Waals surface area (Å²) in [6.07, 6.45) is 3.69. The average molecular weight is 688 g/mol. The molecule has 3 nitrogen and oxygen atoms in total. The second kappa shape index (κ2) is 12.2. The topological polar surface area (TPSA) is 22.8 Å². The molecule has 3 heteroatoms. The number of hydrogen-bond donors (Lipinski definition) is 0. The molecule has 252 valence electrons. The van der Waals surface area contributed by atoms with Crippen LogP contribution >= 0.6 is 0 Å². The highest BCUT2D eigenvalue weighted by Gasteiger charge is 2.16. The van der Waals surface area contributed by atoms with Crippen LogP contribution in [-0.2, 0) is 0 Å². The Kier molecular flexibility index (Phi) is 6.86. The average Bonchev–Trinajstić information content (AvgIpc) is 3.76. The van der Waals surface area contributed by atoms with Crippen molar-refractivity contribution in [2.45, 2.75) is 0 Å². The van der Waals surface area contributed by atoms with E-state index in [-0.39, 0.29) is 0 Å². The fraction of sp³-hybridized carbons (Fsp3) is 0. The van der Waals surface area contributed by atoms with Gasteiger partial charge >= 0.3 is 0 Å². The summed E-state index contributed by atoms with van der Waals surface area (Å²) in [5.41, 5.74) is 14.3. The summed E-state index contributed by atoms with van der Waals surface area (Å²) in [6.45, 7) is 0. The number of benzene rings is 8. The molecule has 8 aromatic carbocycles. The zero-order chi connectivity index (χ0) is 35.6. The minimum atomic E-state index is 1.14. The van der Waals surface area contributed by atoms with E-state index in [4.69, 9.17) is 0 Å². The monoisotopic (exact) mass is 687 g/mol. The Morgan fingerprint density at radius 1 is 0.296 bits per heavy atom. The van der Waals surface area contributed by atoms with Crippen LogP contribution in [-0.4, -0.2) is 14.1 Å². The minimum Gasteiger partial charge on any atom is -0.309 e. The largest absolute Gasteiger partial charge is 0.309 e. The lowest BCUT2D eigenvalue weighted by Gasteiger charge is -2.11. The Morgan fingerprint density at radius 2 is 0.741 bits per heavy atom. The van der Waals surface area contributed by atoms with Gasteiger partial charge in [-0.1, -0.05) is 115 Å². The maximum Gasteiger partial charge on any atom is 0.0541 e. The summed E-state index contributed by atoms with van der Waals surface area (Å²) in [7, 11) is 0. The van der Waals surface area contributed by atoms with Gasteiger partial charge in [0.15, 0.2) is 0 Å². The molecule has 3 heterocycles. The highest BCUT2D eigenvalue weighted by Crippen LogP contribution is 2.39. The molecule has 0 bridgehead atoms. The predicted octanol–water partition coefficient (Wildman–Crippen LogP) is 13.4. The molecule has 3 aromatic heterocycles. The van der Waals surface area contributed by atoms with Gasteiger partial charge in [-0.3, -0.25) is 4.98 Å². The van der Waals surface area contributed by atoms with Gasteiger partial charge in [-0.15, -0.1) is 0 Å².